The number of hydrogen-bond donors (Lipinski definition) is 0. The van der Waals surface area contributed by atoms with Crippen molar-refractivity contribution in [2.45, 2.75) is 26.2 Å². The van der Waals surface area contributed by atoms with Crippen LogP contribution in [0.2, 0.25) is 0 Å². The lowest BCUT2D eigenvalue weighted by Crippen LogP contribution is -2.30. The number of hydrogen-bond acceptors (Lipinski definition) is 5. The minimum Gasteiger partial charge on any atom is -0.496 e. The first-order valence-electron chi connectivity index (χ1n) is 10.3. The Balaban J connectivity index is 1.64. The van der Waals surface area contributed by atoms with E-state index in [1.165, 1.54) is 16.9 Å². The number of aromatic nitrogens is 3. The van der Waals surface area contributed by atoms with Crippen LogP contribution in [0.15, 0.2) is 66.3 Å². The molecule has 6 nitrogen and oxygen atoms in total. The van der Waals surface area contributed by atoms with Gasteiger partial charge in [-0.15, -0.1) is 11.3 Å². The average Bonchev–Trinajstić information content (AvgIpc) is 3.47. The number of methoxy groups -OCH3 is 1. The molecule has 3 heterocycles. The van der Waals surface area contributed by atoms with E-state index in [0.717, 1.165) is 22.7 Å². The van der Waals surface area contributed by atoms with Gasteiger partial charge in [0.1, 0.15) is 5.75 Å². The summed E-state index contributed by atoms with van der Waals surface area (Å²) in [6, 6.07) is 13.5. The number of para-hydroxylation sites is 1. The second-order valence-corrected chi connectivity index (χ2v) is 8.54. The maximum Gasteiger partial charge on any atom is 0.417 e. The van der Waals surface area contributed by atoms with Crippen molar-refractivity contribution in [2.24, 2.45) is 0 Å². The lowest BCUT2D eigenvalue weighted by molar-refractivity contribution is -0.137. The molecular weight excluding hydrogens is 465 g/mol. The Labute approximate surface area is 198 Å². The molecule has 0 saturated carbocycles. The molecule has 0 aliphatic carbocycles. The number of carbonyl (C=O) groups is 1. The number of pyridine rings is 1. The zero-order valence-corrected chi connectivity index (χ0v) is 19.2. The van der Waals surface area contributed by atoms with E-state index in [1.54, 1.807) is 30.3 Å². The van der Waals surface area contributed by atoms with Crippen molar-refractivity contribution >= 4 is 17.2 Å². The van der Waals surface area contributed by atoms with Crippen molar-refractivity contribution in [1.29, 1.82) is 0 Å². The first-order chi connectivity index (χ1) is 16.3. The van der Waals surface area contributed by atoms with Gasteiger partial charge in [-0.05, 0) is 36.6 Å². The zero-order chi connectivity index (χ0) is 24.3. The second kappa shape index (κ2) is 9.68. The van der Waals surface area contributed by atoms with Gasteiger partial charge in [0.25, 0.3) is 5.91 Å². The Morgan fingerprint density at radius 1 is 1.09 bits per heavy atom. The molecule has 0 radical (unpaired) electrons. The van der Waals surface area contributed by atoms with Crippen LogP contribution in [0.25, 0.3) is 5.82 Å². The highest BCUT2D eigenvalue weighted by Gasteiger charge is 2.31. The summed E-state index contributed by atoms with van der Waals surface area (Å²) in [7, 11) is 1.58. The molecule has 1 aromatic carbocycles. The van der Waals surface area contributed by atoms with Gasteiger partial charge in [0, 0.05) is 16.6 Å². The molecule has 4 rings (SSSR count). The number of benzene rings is 1. The van der Waals surface area contributed by atoms with E-state index in [9.17, 15) is 18.0 Å². The number of alkyl halides is 3. The molecule has 4 aromatic rings. The summed E-state index contributed by atoms with van der Waals surface area (Å²) in [5.41, 5.74) is 0.822. The van der Waals surface area contributed by atoms with Crippen LogP contribution in [0.1, 0.15) is 32.1 Å². The zero-order valence-electron chi connectivity index (χ0n) is 18.4. The number of carbonyl (C=O) groups excluding carboxylic acids is 1. The molecule has 3 aromatic heterocycles. The molecule has 0 unspecified atom stereocenters. The molecule has 0 saturated heterocycles. The molecule has 0 N–H and O–H groups in total. The summed E-state index contributed by atoms with van der Waals surface area (Å²) in [5.74, 6) is 0.613. The number of rotatable bonds is 7. The molecular formula is C24H21F3N4O2S. The molecule has 10 heteroatoms. The van der Waals surface area contributed by atoms with Gasteiger partial charge < -0.3 is 9.64 Å². The van der Waals surface area contributed by atoms with Gasteiger partial charge in [-0.1, -0.05) is 24.3 Å². The monoisotopic (exact) mass is 486 g/mol. The molecule has 0 spiro atoms. The van der Waals surface area contributed by atoms with Crippen molar-refractivity contribution in [2.75, 3.05) is 7.11 Å². The van der Waals surface area contributed by atoms with Gasteiger partial charge in [0.2, 0.25) is 0 Å². The van der Waals surface area contributed by atoms with E-state index < -0.39 is 11.7 Å². The molecule has 0 aliphatic heterocycles. The van der Waals surface area contributed by atoms with E-state index in [4.69, 9.17) is 4.74 Å². The lowest BCUT2D eigenvalue weighted by atomic mass is 10.1. The van der Waals surface area contributed by atoms with Crippen molar-refractivity contribution in [3.8, 4) is 11.6 Å². The normalized spacial score (nSPS) is 11.4. The molecule has 0 aliphatic rings. The van der Waals surface area contributed by atoms with E-state index in [0.29, 0.717) is 30.1 Å². The fourth-order valence-corrected chi connectivity index (χ4v) is 4.25. The number of ether oxygens (including phenoxy) is 1. The van der Waals surface area contributed by atoms with Gasteiger partial charge >= 0.3 is 6.18 Å². The highest BCUT2D eigenvalue weighted by Crippen LogP contribution is 2.29. The van der Waals surface area contributed by atoms with Crippen LogP contribution >= 0.6 is 11.3 Å². The highest BCUT2D eigenvalue weighted by molar-refractivity contribution is 7.09. The van der Waals surface area contributed by atoms with Crippen LogP contribution in [-0.4, -0.2) is 32.7 Å². The van der Waals surface area contributed by atoms with Crippen molar-refractivity contribution < 1.29 is 22.7 Å². The topological polar surface area (TPSA) is 60.2 Å². The Hall–Kier alpha value is -3.66. The van der Waals surface area contributed by atoms with Crippen molar-refractivity contribution in [1.82, 2.24) is 19.7 Å². The largest absolute Gasteiger partial charge is 0.496 e. The summed E-state index contributed by atoms with van der Waals surface area (Å²) in [6.07, 6.45) is -2.31. The minimum absolute atomic E-state index is 0.194. The Morgan fingerprint density at radius 2 is 1.88 bits per heavy atom. The van der Waals surface area contributed by atoms with Crippen molar-refractivity contribution in [3.63, 3.8) is 0 Å². The van der Waals surface area contributed by atoms with Crippen LogP contribution in [0.5, 0.6) is 5.75 Å². The first kappa shape index (κ1) is 23.5. The maximum absolute atomic E-state index is 13.6. The SMILES string of the molecule is COc1ccccc1CN(Cc1cccs1)C(=O)c1cnn(-c2ccc(C(F)(F)F)cn2)c1C. The third-order valence-electron chi connectivity index (χ3n) is 5.30. The quantitative estimate of drug-likeness (QED) is 0.346. The average molecular weight is 487 g/mol. The number of thiophene rings is 1. The predicted octanol–water partition coefficient (Wildman–Crippen LogP) is 5.51. The molecule has 1 amide bonds. The fraction of sp³-hybridized carbons (Fsp3) is 0.208. The van der Waals surface area contributed by atoms with E-state index in [-0.39, 0.29) is 11.7 Å². The molecule has 0 atom stereocenters. The summed E-state index contributed by atoms with van der Waals surface area (Å²) < 4.78 is 45.4. The Kier molecular flexibility index (Phi) is 6.69. The van der Waals surface area contributed by atoms with E-state index in [2.05, 4.69) is 10.1 Å². The Morgan fingerprint density at radius 3 is 2.53 bits per heavy atom. The third kappa shape index (κ3) is 4.96. The molecule has 0 bridgehead atoms. The lowest BCUT2D eigenvalue weighted by Gasteiger charge is -2.23. The number of amides is 1. The summed E-state index contributed by atoms with van der Waals surface area (Å²) in [5, 5.41) is 6.17. The predicted molar refractivity (Wildman–Crippen MR) is 122 cm³/mol. The van der Waals surface area contributed by atoms with Crippen molar-refractivity contribution in [3.05, 3.63) is 93.6 Å². The van der Waals surface area contributed by atoms with Gasteiger partial charge in [0.15, 0.2) is 5.82 Å². The molecule has 176 valence electrons. The summed E-state index contributed by atoms with van der Waals surface area (Å²) in [6.45, 7) is 2.38. The fourth-order valence-electron chi connectivity index (χ4n) is 3.53. The Bertz CT molecular complexity index is 1270. The smallest absolute Gasteiger partial charge is 0.417 e. The van der Waals surface area contributed by atoms with Crippen LogP contribution in [0.4, 0.5) is 13.2 Å². The van der Waals surface area contributed by atoms with Crippen LogP contribution in [0.3, 0.4) is 0 Å². The van der Waals surface area contributed by atoms with Crippen LogP contribution in [-0.2, 0) is 19.3 Å². The minimum atomic E-state index is -4.48. The summed E-state index contributed by atoms with van der Waals surface area (Å²) >= 11 is 1.55. The van der Waals surface area contributed by atoms with Gasteiger partial charge in [0.05, 0.1) is 43.2 Å². The van der Waals surface area contributed by atoms with E-state index in [1.807, 2.05) is 41.8 Å². The molecule has 0 fully saturated rings. The van der Waals surface area contributed by atoms with Gasteiger partial charge in [-0.2, -0.15) is 18.3 Å². The van der Waals surface area contributed by atoms with Crippen LogP contribution in [0, 0.1) is 6.92 Å². The first-order valence-corrected chi connectivity index (χ1v) is 11.2. The maximum atomic E-state index is 13.6. The number of nitrogens with zero attached hydrogens (tertiary/aromatic N) is 4. The van der Waals surface area contributed by atoms with Gasteiger partial charge in [-0.25, -0.2) is 9.67 Å². The standard InChI is InChI=1S/C24H21F3N4O2S/c1-16-20(13-29-31(16)22-10-9-18(12-28-22)24(25,26)27)23(32)30(15-19-7-5-11-34-19)14-17-6-3-4-8-21(17)33-2/h3-13H,14-15H2,1-2H3. The summed E-state index contributed by atoms with van der Waals surface area (Å²) in [4.78, 5) is 20.2. The number of halogens is 3. The third-order valence-corrected chi connectivity index (χ3v) is 6.16. The molecule has 34 heavy (non-hydrogen) atoms. The van der Waals surface area contributed by atoms with Gasteiger partial charge in [-0.3, -0.25) is 4.79 Å². The second-order valence-electron chi connectivity index (χ2n) is 7.51. The van der Waals surface area contributed by atoms with Crippen LogP contribution < -0.4 is 4.74 Å². The van der Waals surface area contributed by atoms with E-state index >= 15 is 0 Å². The highest BCUT2D eigenvalue weighted by atomic mass is 32.1.